The molecular weight excluding hydrogens is 701 g/mol. The van der Waals surface area contributed by atoms with Crippen molar-refractivity contribution in [2.45, 2.75) is 23.5 Å². The molecule has 1 amide bonds. The van der Waals surface area contributed by atoms with Gasteiger partial charge in [-0.2, -0.15) is 0 Å². The third-order valence-electron chi connectivity index (χ3n) is 7.87. The highest BCUT2D eigenvalue weighted by Crippen LogP contribution is 2.71. The predicted octanol–water partition coefficient (Wildman–Crippen LogP) is 4.83. The first-order chi connectivity index (χ1) is 23.2. The summed E-state index contributed by atoms with van der Waals surface area (Å²) in [5.74, 6) is -3.81. The van der Waals surface area contributed by atoms with Crippen LogP contribution in [-0.4, -0.2) is 79.9 Å². The quantitative estimate of drug-likeness (QED) is 0.164. The molecule has 0 unspecified atom stereocenters. The predicted molar refractivity (Wildman–Crippen MR) is 182 cm³/mol. The Morgan fingerprint density at radius 3 is 1.78 bits per heavy atom. The van der Waals surface area contributed by atoms with Gasteiger partial charge in [0.15, 0.2) is 0 Å². The molecule has 3 heterocycles. The molecule has 0 atom stereocenters. The molecule has 0 saturated carbocycles. The highest BCUT2D eigenvalue weighted by atomic mass is 32.2. The molecular formula is C32H28N2O12S3. The second-order valence-corrected chi connectivity index (χ2v) is 14.6. The molecule has 0 fully saturated rings. The number of nitro benzene ring substituents is 1. The Kier molecular flexibility index (Phi) is 9.64. The first-order valence-corrected chi connectivity index (χ1v) is 16.6. The second kappa shape index (κ2) is 13.3. The van der Waals surface area contributed by atoms with Gasteiger partial charge in [-0.1, -0.05) is 35.3 Å². The molecule has 256 valence electrons. The van der Waals surface area contributed by atoms with E-state index >= 15 is 0 Å². The lowest BCUT2D eigenvalue weighted by molar-refractivity contribution is -0.384. The van der Waals surface area contributed by atoms with Crippen LogP contribution in [0.25, 0.3) is 5.57 Å². The molecule has 0 bridgehead atoms. The van der Waals surface area contributed by atoms with Crippen LogP contribution in [0.15, 0.2) is 67.7 Å². The Labute approximate surface area is 292 Å². The molecule has 0 aliphatic carbocycles. The largest absolute Gasteiger partial charge is 0.497 e. The molecule has 2 aromatic rings. The topological polar surface area (TPSA) is 178 Å². The first-order valence-electron chi connectivity index (χ1n) is 14.1. The SMILES string of the molecule is COC(=O)C1=C(C(=O)OC)SC2(S1)C(C(=O)OC)=C(C(=O)OC)SC1=C2c2ccc(OC)cc2N(C(=O)c2ccc([N+](=O)[O-])cc2)C1(C)C. The van der Waals surface area contributed by atoms with Gasteiger partial charge in [-0.05, 0) is 38.1 Å². The van der Waals surface area contributed by atoms with E-state index in [2.05, 4.69) is 0 Å². The number of hydrogen-bond donors (Lipinski definition) is 0. The van der Waals surface area contributed by atoms with Crippen molar-refractivity contribution in [2.24, 2.45) is 0 Å². The molecule has 17 heteroatoms. The van der Waals surface area contributed by atoms with Gasteiger partial charge in [-0.3, -0.25) is 19.8 Å². The Balaban J connectivity index is 1.87. The average Bonchev–Trinajstić information content (AvgIpc) is 3.49. The highest BCUT2D eigenvalue weighted by molar-refractivity contribution is 8.26. The molecule has 5 rings (SSSR count). The molecule has 0 aromatic heterocycles. The van der Waals surface area contributed by atoms with Crippen molar-refractivity contribution in [1.82, 2.24) is 0 Å². The molecule has 1 spiro atoms. The summed E-state index contributed by atoms with van der Waals surface area (Å²) in [5, 5.41) is 11.3. The zero-order valence-electron chi connectivity index (χ0n) is 27.1. The lowest BCUT2D eigenvalue weighted by Gasteiger charge is -2.50. The van der Waals surface area contributed by atoms with Crippen molar-refractivity contribution in [3.63, 3.8) is 0 Å². The number of anilines is 1. The number of nitrogens with zero attached hydrogens (tertiary/aromatic N) is 2. The number of methoxy groups -OCH3 is 5. The van der Waals surface area contributed by atoms with E-state index in [1.54, 1.807) is 32.0 Å². The third kappa shape index (κ3) is 5.64. The Morgan fingerprint density at radius 2 is 1.29 bits per heavy atom. The fraction of sp³-hybridized carbons (Fsp3) is 0.281. The number of amides is 1. The Bertz CT molecular complexity index is 1900. The van der Waals surface area contributed by atoms with Crippen LogP contribution in [0.1, 0.15) is 29.8 Å². The number of rotatable bonds is 7. The summed E-state index contributed by atoms with van der Waals surface area (Å²) in [6.07, 6.45) is 0. The fourth-order valence-corrected chi connectivity index (χ4v) is 10.7. The van der Waals surface area contributed by atoms with Gasteiger partial charge < -0.3 is 23.7 Å². The van der Waals surface area contributed by atoms with Gasteiger partial charge >= 0.3 is 23.9 Å². The van der Waals surface area contributed by atoms with Gasteiger partial charge in [0.25, 0.3) is 11.6 Å². The van der Waals surface area contributed by atoms with E-state index in [1.807, 2.05) is 0 Å². The summed E-state index contributed by atoms with van der Waals surface area (Å²) < 4.78 is 24.1. The number of benzene rings is 2. The minimum absolute atomic E-state index is 0.123. The van der Waals surface area contributed by atoms with E-state index in [0.717, 1.165) is 63.7 Å². The van der Waals surface area contributed by atoms with Crippen molar-refractivity contribution in [1.29, 1.82) is 0 Å². The number of carbonyl (C=O) groups is 5. The zero-order chi connectivity index (χ0) is 36.0. The van der Waals surface area contributed by atoms with Gasteiger partial charge in [-0.25, -0.2) is 19.2 Å². The third-order valence-corrected chi connectivity index (χ3v) is 12.5. The van der Waals surface area contributed by atoms with Crippen LogP contribution in [0.3, 0.4) is 0 Å². The first kappa shape index (κ1) is 35.6. The van der Waals surface area contributed by atoms with E-state index in [0.29, 0.717) is 27.5 Å². The summed E-state index contributed by atoms with van der Waals surface area (Å²) in [4.78, 5) is 80.2. The minimum Gasteiger partial charge on any atom is -0.497 e. The number of ether oxygens (including phenoxy) is 5. The number of hydrogen-bond acceptors (Lipinski definition) is 15. The van der Waals surface area contributed by atoms with Crippen LogP contribution in [0.5, 0.6) is 5.75 Å². The molecule has 3 aliphatic heterocycles. The van der Waals surface area contributed by atoms with Crippen molar-refractivity contribution < 1.29 is 52.6 Å². The fourth-order valence-electron chi connectivity index (χ4n) is 5.64. The number of thioether (sulfide) groups is 3. The van der Waals surface area contributed by atoms with Gasteiger partial charge in [0.2, 0.25) is 0 Å². The molecule has 49 heavy (non-hydrogen) atoms. The summed E-state index contributed by atoms with van der Waals surface area (Å²) in [5.41, 5.74) is -0.543. The maximum absolute atomic E-state index is 14.5. The normalized spacial score (nSPS) is 17.2. The van der Waals surface area contributed by atoms with Crippen molar-refractivity contribution in [3.8, 4) is 5.75 Å². The molecule has 2 aromatic carbocycles. The van der Waals surface area contributed by atoms with E-state index in [-0.39, 0.29) is 31.5 Å². The molecule has 3 aliphatic rings. The van der Waals surface area contributed by atoms with E-state index in [4.69, 9.17) is 23.7 Å². The zero-order valence-corrected chi connectivity index (χ0v) is 29.5. The van der Waals surface area contributed by atoms with Gasteiger partial charge in [0, 0.05) is 39.8 Å². The van der Waals surface area contributed by atoms with Crippen LogP contribution < -0.4 is 9.64 Å². The number of fused-ring (bicyclic) bond motifs is 3. The summed E-state index contributed by atoms with van der Waals surface area (Å²) in [6.45, 7) is 3.43. The van der Waals surface area contributed by atoms with Crippen LogP contribution in [-0.2, 0) is 38.1 Å². The number of nitro groups is 1. The van der Waals surface area contributed by atoms with E-state index in [1.165, 1.54) is 36.3 Å². The smallest absolute Gasteiger partial charge is 0.345 e. The Hall–Kier alpha value is -4.74. The van der Waals surface area contributed by atoms with Crippen molar-refractivity contribution >= 4 is 82.0 Å². The van der Waals surface area contributed by atoms with Crippen LogP contribution in [0.4, 0.5) is 11.4 Å². The highest BCUT2D eigenvalue weighted by Gasteiger charge is 2.62. The molecule has 0 N–H and O–H groups in total. The standard InChI is InChI=1S/C32H28N2O12S3/c1-31(2)25-20(18-13-12-17(42-3)14-19(18)33(31)26(35)15-8-10-16(11-9-15)34(40)41)32(21(27(36)43-4)22(47-25)28(37)44-5)48-23(29(38)45-6)24(49-32)30(39)46-7/h8-14H,1-7H3. The Morgan fingerprint density at radius 1 is 0.755 bits per heavy atom. The number of carbonyl (C=O) groups excluding carboxylic acids is 5. The maximum Gasteiger partial charge on any atom is 0.345 e. The minimum atomic E-state index is -1.76. The lowest BCUT2D eigenvalue weighted by atomic mass is 9.83. The molecule has 0 saturated heterocycles. The van der Waals surface area contributed by atoms with Gasteiger partial charge in [0.1, 0.15) is 24.5 Å². The van der Waals surface area contributed by atoms with Crippen molar-refractivity contribution in [3.05, 3.63) is 88.9 Å². The van der Waals surface area contributed by atoms with Gasteiger partial charge in [-0.15, -0.1) is 0 Å². The number of esters is 4. The number of non-ortho nitro benzene ring substituents is 1. The average molecular weight is 729 g/mol. The molecule has 14 nitrogen and oxygen atoms in total. The van der Waals surface area contributed by atoms with E-state index in [9.17, 15) is 34.1 Å². The van der Waals surface area contributed by atoms with Crippen LogP contribution >= 0.6 is 35.3 Å². The monoisotopic (exact) mass is 728 g/mol. The van der Waals surface area contributed by atoms with Gasteiger partial charge in [0.05, 0.1) is 57.3 Å². The maximum atomic E-state index is 14.5. The van der Waals surface area contributed by atoms with Crippen LogP contribution in [0, 0.1) is 10.1 Å². The summed E-state index contributed by atoms with van der Waals surface area (Å²) in [6, 6.07) is 10.0. The lowest BCUT2D eigenvalue weighted by Crippen LogP contribution is -2.53. The molecule has 0 radical (unpaired) electrons. The van der Waals surface area contributed by atoms with Crippen molar-refractivity contribution in [2.75, 3.05) is 40.4 Å². The van der Waals surface area contributed by atoms with E-state index < -0.39 is 44.3 Å². The second-order valence-electron chi connectivity index (χ2n) is 10.8. The summed E-state index contributed by atoms with van der Waals surface area (Å²) >= 11 is 2.49. The summed E-state index contributed by atoms with van der Waals surface area (Å²) in [7, 11) is 5.96. The van der Waals surface area contributed by atoms with Crippen LogP contribution in [0.2, 0.25) is 0 Å².